The van der Waals surface area contributed by atoms with E-state index in [9.17, 15) is 9.90 Å². The lowest BCUT2D eigenvalue weighted by Gasteiger charge is -2.34. The highest BCUT2D eigenvalue weighted by atomic mass is 16.3. The van der Waals surface area contributed by atoms with Crippen molar-refractivity contribution in [3.8, 4) is 0 Å². The normalized spacial score (nSPS) is 12.5. The van der Waals surface area contributed by atoms with Crippen LogP contribution in [0, 0.1) is 13.8 Å². The van der Waals surface area contributed by atoms with Crippen LogP contribution in [-0.4, -0.2) is 28.2 Å². The Balaban J connectivity index is 2.41. The Morgan fingerprint density at radius 3 is 1.94 bits per heavy atom. The van der Waals surface area contributed by atoms with Crippen LogP contribution in [-0.2, 0) is 16.6 Å². The molecule has 0 aliphatic heterocycles. The predicted molar refractivity (Wildman–Crippen MR) is 139 cm³/mol. The van der Waals surface area contributed by atoms with Gasteiger partial charge in [0.15, 0.2) is 5.78 Å². The van der Waals surface area contributed by atoms with Crippen LogP contribution in [0.5, 0.6) is 0 Å². The van der Waals surface area contributed by atoms with Crippen molar-refractivity contribution in [2.24, 2.45) is 0 Å². The molecule has 0 aromatic heterocycles. The van der Waals surface area contributed by atoms with Gasteiger partial charge in [0.2, 0.25) is 0 Å². The summed E-state index contributed by atoms with van der Waals surface area (Å²) >= 11 is 0. The highest BCUT2D eigenvalue weighted by molar-refractivity contribution is 5.79. The number of aryl methyl sites for hydroxylation is 3. The zero-order valence-corrected chi connectivity index (χ0v) is 21.4. The molecule has 0 atom stereocenters. The van der Waals surface area contributed by atoms with E-state index in [1.54, 1.807) is 0 Å². The summed E-state index contributed by atoms with van der Waals surface area (Å²) in [4.78, 5) is 11.5. The van der Waals surface area contributed by atoms with E-state index in [2.05, 4.69) is 70.2 Å². The van der Waals surface area contributed by atoms with Crippen molar-refractivity contribution < 1.29 is 15.0 Å². The molecule has 0 aliphatic carbocycles. The van der Waals surface area contributed by atoms with E-state index in [1.165, 1.54) is 22.3 Å². The van der Waals surface area contributed by atoms with Crippen molar-refractivity contribution in [3.63, 3.8) is 0 Å². The van der Waals surface area contributed by atoms with Crippen molar-refractivity contribution >= 4 is 11.9 Å². The first-order valence-electron chi connectivity index (χ1n) is 12.4. The lowest BCUT2D eigenvalue weighted by Crippen LogP contribution is -2.26. The van der Waals surface area contributed by atoms with Crippen LogP contribution in [0.15, 0.2) is 42.5 Å². The van der Waals surface area contributed by atoms with E-state index in [-0.39, 0.29) is 17.8 Å². The van der Waals surface area contributed by atoms with Crippen LogP contribution in [0.2, 0.25) is 0 Å². The average Bonchev–Trinajstić information content (AvgIpc) is 2.83. The van der Waals surface area contributed by atoms with Gasteiger partial charge in [0.05, 0.1) is 5.60 Å². The van der Waals surface area contributed by atoms with Gasteiger partial charge in [-0.2, -0.15) is 0 Å². The van der Waals surface area contributed by atoms with Crippen LogP contribution >= 0.6 is 0 Å². The Hall–Kier alpha value is -2.23. The van der Waals surface area contributed by atoms with Crippen molar-refractivity contribution in [2.75, 3.05) is 6.61 Å². The summed E-state index contributed by atoms with van der Waals surface area (Å²) in [5, 5.41) is 19.6. The Morgan fingerprint density at radius 2 is 1.45 bits per heavy atom. The van der Waals surface area contributed by atoms with Gasteiger partial charge in [0, 0.05) is 11.8 Å². The SMILES string of the molecule is CCC(O)(/C=C/c1ccc(C(CC)(CC)c2ccc(CCC(=O)CO)c(C)c2)cc1C)CC. The van der Waals surface area contributed by atoms with E-state index in [0.29, 0.717) is 25.7 Å². The second kappa shape index (κ2) is 11.8. The molecule has 0 fully saturated rings. The zero-order valence-electron chi connectivity index (χ0n) is 21.4. The lowest BCUT2D eigenvalue weighted by atomic mass is 9.69. The minimum Gasteiger partial charge on any atom is -0.389 e. The molecule has 2 aromatic carbocycles. The molecule has 2 N–H and O–H groups in total. The Bertz CT molecular complexity index is 963. The van der Waals surface area contributed by atoms with Crippen LogP contribution in [0.25, 0.3) is 6.08 Å². The molecule has 0 amide bonds. The minimum atomic E-state index is -0.747. The van der Waals surface area contributed by atoms with Gasteiger partial charge < -0.3 is 10.2 Å². The van der Waals surface area contributed by atoms with E-state index in [4.69, 9.17) is 5.11 Å². The van der Waals surface area contributed by atoms with Gasteiger partial charge in [0.25, 0.3) is 0 Å². The number of carbonyl (C=O) groups excluding carboxylic acids is 1. The number of hydrogen-bond acceptors (Lipinski definition) is 3. The number of carbonyl (C=O) groups is 1. The molecular weight excluding hydrogens is 408 g/mol. The Morgan fingerprint density at radius 1 is 0.879 bits per heavy atom. The predicted octanol–water partition coefficient (Wildman–Crippen LogP) is 6.47. The number of benzene rings is 2. The number of aliphatic hydroxyl groups is 2. The average molecular weight is 451 g/mol. The maximum absolute atomic E-state index is 11.5. The third-order valence-electron chi connectivity index (χ3n) is 7.57. The zero-order chi connectivity index (χ0) is 24.6. The minimum absolute atomic E-state index is 0.0786. The van der Waals surface area contributed by atoms with Gasteiger partial charge in [-0.1, -0.05) is 76.2 Å². The quantitative estimate of drug-likeness (QED) is 0.390. The van der Waals surface area contributed by atoms with Gasteiger partial charge in [-0.3, -0.25) is 4.79 Å². The highest BCUT2D eigenvalue weighted by Crippen LogP contribution is 2.40. The van der Waals surface area contributed by atoms with Crippen molar-refractivity contribution in [2.45, 2.75) is 91.1 Å². The highest BCUT2D eigenvalue weighted by Gasteiger charge is 2.31. The molecule has 0 saturated carbocycles. The molecule has 0 saturated heterocycles. The number of hydrogen-bond donors (Lipinski definition) is 2. The number of aliphatic hydroxyl groups excluding tert-OH is 1. The summed E-state index contributed by atoms with van der Waals surface area (Å²) in [7, 11) is 0. The van der Waals surface area contributed by atoms with E-state index < -0.39 is 5.60 Å². The van der Waals surface area contributed by atoms with Crippen molar-refractivity contribution in [3.05, 3.63) is 75.9 Å². The topological polar surface area (TPSA) is 57.5 Å². The smallest absolute Gasteiger partial charge is 0.158 e. The van der Waals surface area contributed by atoms with Gasteiger partial charge in [0.1, 0.15) is 6.61 Å². The Labute approximate surface area is 200 Å². The first-order chi connectivity index (χ1) is 15.7. The third-order valence-corrected chi connectivity index (χ3v) is 7.57. The second-order valence-electron chi connectivity index (χ2n) is 9.34. The molecule has 3 heteroatoms. The van der Waals surface area contributed by atoms with Crippen LogP contribution in [0.3, 0.4) is 0 Å². The van der Waals surface area contributed by atoms with Gasteiger partial charge in [-0.15, -0.1) is 0 Å². The summed E-state index contributed by atoms with van der Waals surface area (Å²) in [6, 6.07) is 13.3. The number of rotatable bonds is 12. The van der Waals surface area contributed by atoms with E-state index in [1.807, 2.05) is 19.9 Å². The molecule has 2 aromatic rings. The van der Waals surface area contributed by atoms with E-state index >= 15 is 0 Å². The fourth-order valence-electron chi connectivity index (χ4n) is 4.75. The summed E-state index contributed by atoms with van der Waals surface area (Å²) in [5.74, 6) is -0.115. The molecular formula is C30H42O3. The molecule has 3 nitrogen and oxygen atoms in total. The van der Waals surface area contributed by atoms with Crippen LogP contribution < -0.4 is 0 Å². The molecule has 0 radical (unpaired) electrons. The van der Waals surface area contributed by atoms with Crippen molar-refractivity contribution in [1.82, 2.24) is 0 Å². The molecule has 2 rings (SSSR count). The number of ketones is 1. The maximum Gasteiger partial charge on any atom is 0.158 e. The van der Waals surface area contributed by atoms with Crippen LogP contribution in [0.1, 0.15) is 93.2 Å². The van der Waals surface area contributed by atoms with Crippen LogP contribution in [0.4, 0.5) is 0 Å². The lowest BCUT2D eigenvalue weighted by molar-refractivity contribution is -0.121. The third kappa shape index (κ3) is 6.22. The second-order valence-corrected chi connectivity index (χ2v) is 9.34. The molecule has 0 spiro atoms. The molecule has 0 heterocycles. The monoisotopic (exact) mass is 450 g/mol. The van der Waals surface area contributed by atoms with E-state index in [0.717, 1.165) is 24.0 Å². The fourth-order valence-corrected chi connectivity index (χ4v) is 4.75. The van der Waals surface area contributed by atoms with Gasteiger partial charge in [-0.25, -0.2) is 0 Å². The summed E-state index contributed by atoms with van der Waals surface area (Å²) < 4.78 is 0. The van der Waals surface area contributed by atoms with Gasteiger partial charge in [-0.05, 0) is 79.3 Å². The molecule has 0 unspecified atom stereocenters. The molecule has 0 bridgehead atoms. The first-order valence-corrected chi connectivity index (χ1v) is 12.4. The summed E-state index contributed by atoms with van der Waals surface area (Å²) in [6.07, 6.45) is 8.42. The molecule has 180 valence electrons. The van der Waals surface area contributed by atoms with Gasteiger partial charge >= 0.3 is 0 Å². The first kappa shape index (κ1) is 27.0. The molecule has 33 heavy (non-hydrogen) atoms. The Kier molecular flexibility index (Phi) is 9.63. The van der Waals surface area contributed by atoms with Crippen molar-refractivity contribution in [1.29, 1.82) is 0 Å². The maximum atomic E-state index is 11.5. The summed E-state index contributed by atoms with van der Waals surface area (Å²) in [5.41, 5.74) is 6.49. The largest absolute Gasteiger partial charge is 0.389 e. The summed E-state index contributed by atoms with van der Waals surface area (Å²) in [6.45, 7) is 12.4. The molecule has 0 aliphatic rings. The number of Topliss-reactive ketones (excluding diaryl/α,β-unsaturated/α-hetero) is 1. The fraction of sp³-hybridized carbons (Fsp3) is 0.500. The standard InChI is InChI=1S/C30H42O3/c1-7-29(33,8-2)18-17-25-12-15-27(20-23(25)6)30(9-3,10-4)26-14-11-24(22(5)19-26)13-16-28(32)21-31/h11-12,14-15,17-20,31,33H,7-10,13,16,21H2,1-6H3/b18-17+.